The van der Waals surface area contributed by atoms with Crippen molar-refractivity contribution in [2.45, 2.75) is 19.8 Å². The highest BCUT2D eigenvalue weighted by atomic mass is 16.5. The Kier molecular flexibility index (Phi) is 8.75. The van der Waals surface area contributed by atoms with Crippen molar-refractivity contribution in [3.8, 4) is 5.75 Å². The van der Waals surface area contributed by atoms with E-state index in [9.17, 15) is 9.59 Å². The first-order valence-electron chi connectivity index (χ1n) is 7.71. The van der Waals surface area contributed by atoms with Gasteiger partial charge in [0.05, 0.1) is 13.7 Å². The molecule has 0 aliphatic rings. The van der Waals surface area contributed by atoms with Gasteiger partial charge in [-0.1, -0.05) is 12.1 Å². The van der Waals surface area contributed by atoms with Gasteiger partial charge in [0.15, 0.2) is 0 Å². The van der Waals surface area contributed by atoms with Crippen molar-refractivity contribution in [3.05, 3.63) is 29.8 Å². The molecule has 0 heterocycles. The molecule has 0 bridgehead atoms. The molecule has 0 saturated heterocycles. The Morgan fingerprint density at radius 2 is 1.87 bits per heavy atom. The van der Waals surface area contributed by atoms with E-state index >= 15 is 0 Å². The van der Waals surface area contributed by atoms with Crippen molar-refractivity contribution in [3.63, 3.8) is 0 Å². The second kappa shape index (κ2) is 10.6. The molecular weight excluding hydrogens is 296 g/mol. The molecule has 2 amide bonds. The highest BCUT2D eigenvalue weighted by Gasteiger charge is 2.13. The van der Waals surface area contributed by atoms with Crippen molar-refractivity contribution in [1.29, 1.82) is 0 Å². The fraction of sp³-hybridized carbons (Fsp3) is 0.529. The van der Waals surface area contributed by atoms with E-state index in [1.54, 1.807) is 19.1 Å². The fourth-order valence-corrected chi connectivity index (χ4v) is 2.08. The normalized spacial score (nSPS) is 10.2. The number of ether oxygens (including phenoxy) is 2. The molecule has 128 valence electrons. The molecule has 6 heteroatoms. The van der Waals surface area contributed by atoms with Crippen LogP contribution in [0.3, 0.4) is 0 Å². The van der Waals surface area contributed by atoms with Gasteiger partial charge >= 0.3 is 0 Å². The Bertz CT molecular complexity index is 488. The zero-order chi connectivity index (χ0) is 17.1. The Morgan fingerprint density at radius 1 is 1.17 bits per heavy atom. The fourth-order valence-electron chi connectivity index (χ4n) is 2.08. The summed E-state index contributed by atoms with van der Waals surface area (Å²) in [5, 5.41) is 2.79. The predicted octanol–water partition coefficient (Wildman–Crippen LogP) is 1.24. The molecule has 0 atom stereocenters. The first-order chi connectivity index (χ1) is 11.1. The second-order valence-corrected chi connectivity index (χ2v) is 5.23. The summed E-state index contributed by atoms with van der Waals surface area (Å²) in [5.41, 5.74) is 1.09. The topological polar surface area (TPSA) is 67.9 Å². The molecule has 0 saturated carbocycles. The van der Waals surface area contributed by atoms with Crippen LogP contribution in [-0.2, 0) is 20.7 Å². The van der Waals surface area contributed by atoms with E-state index in [1.807, 2.05) is 24.3 Å². The summed E-state index contributed by atoms with van der Waals surface area (Å²) in [4.78, 5) is 25.1. The standard InChI is InChI=1S/C17H26N2O4/c1-14(20)19(13-17(21)18-10-4-12-22-2)11-9-15-5-7-16(23-3)8-6-15/h5-8H,4,9-13H2,1-3H3,(H,18,21). The Balaban J connectivity index is 2.41. The first kappa shape index (κ1) is 19.0. The second-order valence-electron chi connectivity index (χ2n) is 5.23. The van der Waals surface area contributed by atoms with Gasteiger partial charge in [0.2, 0.25) is 11.8 Å². The molecule has 0 radical (unpaired) electrons. The Hall–Kier alpha value is -2.08. The van der Waals surface area contributed by atoms with Crippen LogP contribution in [0.2, 0.25) is 0 Å². The van der Waals surface area contributed by atoms with Gasteiger partial charge in [-0.05, 0) is 30.5 Å². The summed E-state index contributed by atoms with van der Waals surface area (Å²) < 4.78 is 10.0. The molecule has 0 aliphatic carbocycles. The molecular formula is C17H26N2O4. The quantitative estimate of drug-likeness (QED) is 0.658. The molecule has 0 unspecified atom stereocenters. The van der Waals surface area contributed by atoms with Crippen LogP contribution in [0.15, 0.2) is 24.3 Å². The largest absolute Gasteiger partial charge is 0.497 e. The third-order valence-corrected chi connectivity index (χ3v) is 3.46. The van der Waals surface area contributed by atoms with E-state index in [0.717, 1.165) is 17.7 Å². The number of carbonyl (C=O) groups is 2. The molecule has 23 heavy (non-hydrogen) atoms. The summed E-state index contributed by atoms with van der Waals surface area (Å²) in [7, 11) is 3.25. The minimum atomic E-state index is -0.147. The number of nitrogens with one attached hydrogen (secondary N) is 1. The minimum Gasteiger partial charge on any atom is -0.497 e. The van der Waals surface area contributed by atoms with E-state index in [0.29, 0.717) is 26.1 Å². The van der Waals surface area contributed by atoms with Crippen molar-refractivity contribution in [1.82, 2.24) is 10.2 Å². The molecule has 0 aliphatic heterocycles. The molecule has 0 fully saturated rings. The monoisotopic (exact) mass is 322 g/mol. The van der Waals surface area contributed by atoms with Crippen LogP contribution in [0.25, 0.3) is 0 Å². The van der Waals surface area contributed by atoms with Gasteiger partial charge in [0.1, 0.15) is 5.75 Å². The first-order valence-corrected chi connectivity index (χ1v) is 7.71. The highest BCUT2D eigenvalue weighted by Crippen LogP contribution is 2.12. The van der Waals surface area contributed by atoms with Gasteiger partial charge < -0.3 is 19.7 Å². The highest BCUT2D eigenvalue weighted by molar-refractivity contribution is 5.83. The van der Waals surface area contributed by atoms with Crippen molar-refractivity contribution in [2.75, 3.05) is 40.5 Å². The van der Waals surface area contributed by atoms with Crippen LogP contribution in [0, 0.1) is 0 Å². The van der Waals surface area contributed by atoms with E-state index in [-0.39, 0.29) is 18.4 Å². The number of amides is 2. The molecule has 1 rings (SSSR count). The minimum absolute atomic E-state index is 0.0818. The number of carbonyl (C=O) groups excluding carboxylic acids is 2. The lowest BCUT2D eigenvalue weighted by Gasteiger charge is -2.20. The molecule has 1 aromatic carbocycles. The number of benzene rings is 1. The van der Waals surface area contributed by atoms with E-state index < -0.39 is 0 Å². The average molecular weight is 322 g/mol. The van der Waals surface area contributed by atoms with Crippen molar-refractivity contribution in [2.24, 2.45) is 0 Å². The zero-order valence-electron chi connectivity index (χ0n) is 14.1. The zero-order valence-corrected chi connectivity index (χ0v) is 14.1. The van der Waals surface area contributed by atoms with E-state index in [2.05, 4.69) is 5.32 Å². The van der Waals surface area contributed by atoms with Crippen LogP contribution in [-0.4, -0.2) is 57.2 Å². The van der Waals surface area contributed by atoms with Crippen molar-refractivity contribution >= 4 is 11.8 Å². The number of hydrogen-bond donors (Lipinski definition) is 1. The van der Waals surface area contributed by atoms with Gasteiger partial charge in [0, 0.05) is 33.7 Å². The summed E-state index contributed by atoms with van der Waals surface area (Å²) in [6, 6.07) is 7.69. The van der Waals surface area contributed by atoms with Gasteiger partial charge in [0.25, 0.3) is 0 Å². The molecule has 1 aromatic rings. The predicted molar refractivity (Wildman–Crippen MR) is 88.5 cm³/mol. The number of methoxy groups -OCH3 is 2. The van der Waals surface area contributed by atoms with Gasteiger partial charge in [-0.15, -0.1) is 0 Å². The SMILES string of the molecule is COCCCNC(=O)CN(CCc1ccc(OC)cc1)C(C)=O. The summed E-state index contributed by atoms with van der Waals surface area (Å²) in [6.45, 7) is 3.23. The van der Waals surface area contributed by atoms with E-state index in [4.69, 9.17) is 9.47 Å². The summed E-state index contributed by atoms with van der Waals surface area (Å²) in [6.07, 6.45) is 1.45. The third-order valence-electron chi connectivity index (χ3n) is 3.46. The van der Waals surface area contributed by atoms with Crippen LogP contribution in [0.5, 0.6) is 5.75 Å². The maximum Gasteiger partial charge on any atom is 0.239 e. The lowest BCUT2D eigenvalue weighted by molar-refractivity contribution is -0.134. The summed E-state index contributed by atoms with van der Waals surface area (Å²) >= 11 is 0. The van der Waals surface area contributed by atoms with Crippen LogP contribution >= 0.6 is 0 Å². The lowest BCUT2D eigenvalue weighted by atomic mass is 10.1. The van der Waals surface area contributed by atoms with Crippen LogP contribution in [0.4, 0.5) is 0 Å². The molecule has 1 N–H and O–H groups in total. The average Bonchev–Trinajstić information content (AvgIpc) is 2.55. The maximum atomic E-state index is 11.9. The van der Waals surface area contributed by atoms with Crippen molar-refractivity contribution < 1.29 is 19.1 Å². The maximum absolute atomic E-state index is 11.9. The van der Waals surface area contributed by atoms with E-state index in [1.165, 1.54) is 6.92 Å². The van der Waals surface area contributed by atoms with Crippen LogP contribution < -0.4 is 10.1 Å². The number of hydrogen-bond acceptors (Lipinski definition) is 4. The number of nitrogens with zero attached hydrogens (tertiary/aromatic N) is 1. The third kappa shape index (κ3) is 7.65. The molecule has 6 nitrogen and oxygen atoms in total. The van der Waals surface area contributed by atoms with Gasteiger partial charge in [-0.3, -0.25) is 9.59 Å². The number of rotatable bonds is 10. The van der Waals surface area contributed by atoms with Gasteiger partial charge in [-0.2, -0.15) is 0 Å². The van der Waals surface area contributed by atoms with Crippen LogP contribution in [0.1, 0.15) is 18.9 Å². The smallest absolute Gasteiger partial charge is 0.239 e. The molecule has 0 spiro atoms. The Labute approximate surface area is 137 Å². The molecule has 0 aromatic heterocycles. The summed E-state index contributed by atoms with van der Waals surface area (Å²) in [5.74, 6) is 0.546. The Morgan fingerprint density at radius 3 is 2.43 bits per heavy atom. The lowest BCUT2D eigenvalue weighted by Crippen LogP contribution is -2.41. The van der Waals surface area contributed by atoms with Gasteiger partial charge in [-0.25, -0.2) is 0 Å².